The standard InChI is InChI=1S/C20H26N6O3/c1-16-2-3-26(19(27)12-16)14-20(28)25-6-4-23(5-7-25)17-13-18(22-15-21-17)24-8-10-29-11-9-24/h2-3,12-13,15H,4-11,14H2,1H3. The molecule has 9 heteroatoms. The minimum absolute atomic E-state index is 0.0349. The first-order chi connectivity index (χ1) is 14.1. The van der Waals surface area contributed by atoms with Gasteiger partial charge in [-0.1, -0.05) is 0 Å². The molecule has 29 heavy (non-hydrogen) atoms. The molecule has 0 aromatic carbocycles. The van der Waals surface area contributed by atoms with Crippen molar-refractivity contribution in [1.29, 1.82) is 0 Å². The monoisotopic (exact) mass is 398 g/mol. The molecule has 2 aromatic rings. The molecule has 2 fully saturated rings. The molecular formula is C20H26N6O3. The first kappa shape index (κ1) is 19.4. The van der Waals surface area contributed by atoms with Crippen LogP contribution in [0.25, 0.3) is 0 Å². The van der Waals surface area contributed by atoms with Gasteiger partial charge in [0.1, 0.15) is 24.5 Å². The molecule has 9 nitrogen and oxygen atoms in total. The normalized spacial score (nSPS) is 17.5. The molecule has 0 spiro atoms. The molecular weight excluding hydrogens is 372 g/mol. The minimum Gasteiger partial charge on any atom is -0.378 e. The summed E-state index contributed by atoms with van der Waals surface area (Å²) in [7, 11) is 0. The van der Waals surface area contributed by atoms with Crippen LogP contribution in [0.1, 0.15) is 5.56 Å². The first-order valence-corrected chi connectivity index (χ1v) is 9.95. The summed E-state index contributed by atoms with van der Waals surface area (Å²) < 4.78 is 6.86. The van der Waals surface area contributed by atoms with Crippen LogP contribution in [-0.4, -0.2) is 77.8 Å². The maximum atomic E-state index is 12.6. The fourth-order valence-corrected chi connectivity index (χ4v) is 3.64. The van der Waals surface area contributed by atoms with Crippen LogP contribution in [0.2, 0.25) is 0 Å². The first-order valence-electron chi connectivity index (χ1n) is 9.95. The lowest BCUT2D eigenvalue weighted by atomic mass is 10.3. The van der Waals surface area contributed by atoms with Crippen LogP contribution < -0.4 is 15.4 Å². The van der Waals surface area contributed by atoms with Crippen molar-refractivity contribution in [2.24, 2.45) is 0 Å². The van der Waals surface area contributed by atoms with Crippen LogP contribution >= 0.6 is 0 Å². The molecule has 2 aromatic heterocycles. The maximum Gasteiger partial charge on any atom is 0.251 e. The Labute approximate surface area is 169 Å². The van der Waals surface area contributed by atoms with Gasteiger partial charge in [0.2, 0.25) is 5.91 Å². The topological polar surface area (TPSA) is 83.8 Å². The van der Waals surface area contributed by atoms with Crippen LogP contribution in [0, 0.1) is 6.92 Å². The van der Waals surface area contributed by atoms with Crippen molar-refractivity contribution in [2.45, 2.75) is 13.5 Å². The fraction of sp³-hybridized carbons (Fsp3) is 0.500. The van der Waals surface area contributed by atoms with E-state index in [1.807, 2.05) is 24.0 Å². The molecule has 0 radical (unpaired) electrons. The molecule has 0 N–H and O–H groups in total. The number of amides is 1. The smallest absolute Gasteiger partial charge is 0.251 e. The van der Waals surface area contributed by atoms with Gasteiger partial charge in [0.05, 0.1) is 13.2 Å². The molecule has 2 aliphatic rings. The molecule has 0 aliphatic carbocycles. The molecule has 0 atom stereocenters. The number of pyridine rings is 1. The highest BCUT2D eigenvalue weighted by Crippen LogP contribution is 2.20. The number of piperazine rings is 1. The Morgan fingerprint density at radius 2 is 1.66 bits per heavy atom. The van der Waals surface area contributed by atoms with Crippen molar-refractivity contribution in [2.75, 3.05) is 62.3 Å². The summed E-state index contributed by atoms with van der Waals surface area (Å²) in [5.74, 6) is 1.76. The maximum absolute atomic E-state index is 12.6. The van der Waals surface area contributed by atoms with Crippen molar-refractivity contribution >= 4 is 17.5 Å². The number of anilines is 2. The summed E-state index contributed by atoms with van der Waals surface area (Å²) in [6.45, 7) is 7.65. The van der Waals surface area contributed by atoms with Gasteiger partial charge >= 0.3 is 0 Å². The zero-order valence-corrected chi connectivity index (χ0v) is 16.7. The van der Waals surface area contributed by atoms with E-state index < -0.39 is 0 Å². The summed E-state index contributed by atoms with van der Waals surface area (Å²) in [6, 6.07) is 5.40. The van der Waals surface area contributed by atoms with E-state index in [-0.39, 0.29) is 18.0 Å². The third-order valence-electron chi connectivity index (χ3n) is 5.39. The van der Waals surface area contributed by atoms with Crippen molar-refractivity contribution < 1.29 is 9.53 Å². The Morgan fingerprint density at radius 3 is 2.31 bits per heavy atom. The molecule has 4 heterocycles. The molecule has 154 valence electrons. The van der Waals surface area contributed by atoms with Gasteiger partial charge in [0, 0.05) is 57.6 Å². The van der Waals surface area contributed by atoms with Crippen LogP contribution in [0.5, 0.6) is 0 Å². The summed E-state index contributed by atoms with van der Waals surface area (Å²) in [6.07, 6.45) is 3.28. The van der Waals surface area contributed by atoms with Crippen molar-refractivity contribution in [1.82, 2.24) is 19.4 Å². The van der Waals surface area contributed by atoms with Gasteiger partial charge in [0.25, 0.3) is 5.56 Å². The van der Waals surface area contributed by atoms with Gasteiger partial charge in [0.15, 0.2) is 0 Å². The Bertz CT molecular complexity index is 916. The zero-order valence-electron chi connectivity index (χ0n) is 16.7. The second-order valence-electron chi connectivity index (χ2n) is 7.37. The second-order valence-corrected chi connectivity index (χ2v) is 7.37. The van der Waals surface area contributed by atoms with E-state index in [0.717, 1.165) is 30.3 Å². The predicted molar refractivity (Wildman–Crippen MR) is 109 cm³/mol. The fourth-order valence-electron chi connectivity index (χ4n) is 3.64. The number of nitrogens with zero attached hydrogens (tertiary/aromatic N) is 6. The van der Waals surface area contributed by atoms with Gasteiger partial charge in [-0.25, -0.2) is 9.97 Å². The Balaban J connectivity index is 1.35. The highest BCUT2D eigenvalue weighted by molar-refractivity contribution is 5.76. The van der Waals surface area contributed by atoms with E-state index in [4.69, 9.17) is 4.74 Å². The third kappa shape index (κ3) is 4.56. The van der Waals surface area contributed by atoms with E-state index in [0.29, 0.717) is 39.4 Å². The van der Waals surface area contributed by atoms with Crippen molar-refractivity contribution in [3.63, 3.8) is 0 Å². The van der Waals surface area contributed by atoms with E-state index in [9.17, 15) is 9.59 Å². The lowest BCUT2D eigenvalue weighted by Gasteiger charge is -2.36. The van der Waals surface area contributed by atoms with Gasteiger partial charge < -0.3 is 24.0 Å². The number of hydrogen-bond donors (Lipinski definition) is 0. The Hall–Kier alpha value is -2.94. The second kappa shape index (κ2) is 8.60. The third-order valence-corrected chi connectivity index (χ3v) is 5.39. The molecule has 0 bridgehead atoms. The zero-order chi connectivity index (χ0) is 20.2. The number of carbonyl (C=O) groups is 1. The van der Waals surface area contributed by atoms with E-state index >= 15 is 0 Å². The molecule has 4 rings (SSSR count). The molecule has 2 saturated heterocycles. The number of carbonyl (C=O) groups excluding carboxylic acids is 1. The van der Waals surface area contributed by atoms with Crippen LogP contribution in [0.4, 0.5) is 11.6 Å². The number of ether oxygens (including phenoxy) is 1. The SMILES string of the molecule is Cc1ccn(CC(=O)N2CCN(c3cc(N4CCOCC4)ncn3)CC2)c(=O)c1. The number of rotatable bonds is 4. The van der Waals surface area contributed by atoms with E-state index in [2.05, 4.69) is 19.8 Å². The lowest BCUT2D eigenvalue weighted by molar-refractivity contribution is -0.132. The highest BCUT2D eigenvalue weighted by Gasteiger charge is 2.23. The Kier molecular flexibility index (Phi) is 5.75. The van der Waals surface area contributed by atoms with Gasteiger partial charge in [-0.05, 0) is 18.6 Å². The highest BCUT2D eigenvalue weighted by atomic mass is 16.5. The minimum atomic E-state index is -0.145. The summed E-state index contributed by atoms with van der Waals surface area (Å²) in [5.41, 5.74) is 0.752. The van der Waals surface area contributed by atoms with Gasteiger partial charge in [-0.15, -0.1) is 0 Å². The summed E-state index contributed by atoms with van der Waals surface area (Å²) >= 11 is 0. The van der Waals surface area contributed by atoms with Crippen LogP contribution in [0.15, 0.2) is 35.5 Å². The summed E-state index contributed by atoms with van der Waals surface area (Å²) in [5, 5.41) is 0. The Morgan fingerprint density at radius 1 is 1.00 bits per heavy atom. The van der Waals surface area contributed by atoms with Crippen molar-refractivity contribution in [3.8, 4) is 0 Å². The van der Waals surface area contributed by atoms with E-state index in [1.54, 1.807) is 18.6 Å². The largest absolute Gasteiger partial charge is 0.378 e. The average molecular weight is 398 g/mol. The van der Waals surface area contributed by atoms with Gasteiger partial charge in [-0.2, -0.15) is 0 Å². The average Bonchev–Trinajstić information content (AvgIpc) is 2.76. The number of aryl methyl sites for hydroxylation is 1. The number of morpholine rings is 1. The molecule has 2 aliphatic heterocycles. The van der Waals surface area contributed by atoms with Crippen LogP contribution in [0.3, 0.4) is 0 Å². The quantitative estimate of drug-likeness (QED) is 0.724. The molecule has 0 saturated carbocycles. The van der Waals surface area contributed by atoms with Crippen LogP contribution in [-0.2, 0) is 16.1 Å². The van der Waals surface area contributed by atoms with Gasteiger partial charge in [-0.3, -0.25) is 9.59 Å². The van der Waals surface area contributed by atoms with E-state index in [1.165, 1.54) is 4.57 Å². The predicted octanol–water partition coefficient (Wildman–Crippen LogP) is 0.132. The molecule has 0 unspecified atom stereocenters. The number of aromatic nitrogens is 3. The molecule has 1 amide bonds. The summed E-state index contributed by atoms with van der Waals surface area (Å²) in [4.78, 5) is 39.6. The van der Waals surface area contributed by atoms with Crippen molar-refractivity contribution in [3.05, 3.63) is 46.6 Å². The number of hydrogen-bond acceptors (Lipinski definition) is 7. The lowest BCUT2D eigenvalue weighted by Crippen LogP contribution is -2.50.